The Bertz CT molecular complexity index is 1760. The van der Waals surface area contributed by atoms with Crippen LogP contribution in [0.5, 0.6) is 5.75 Å². The lowest BCUT2D eigenvalue weighted by molar-refractivity contribution is -0.200. The summed E-state index contributed by atoms with van der Waals surface area (Å²) >= 11 is 3.30. The molecule has 19 heteroatoms. The lowest BCUT2D eigenvalue weighted by Gasteiger charge is -2.60. The minimum Gasteiger partial charge on any atom is -0.425 e. The van der Waals surface area contributed by atoms with Crippen LogP contribution in [0.3, 0.4) is 0 Å². The molecule has 6 rings (SSSR count). The van der Waals surface area contributed by atoms with Crippen LogP contribution in [0.1, 0.15) is 38.5 Å². The van der Waals surface area contributed by atoms with Gasteiger partial charge >= 0.3 is 5.97 Å². The van der Waals surface area contributed by atoms with Gasteiger partial charge in [-0.25, -0.2) is 39.9 Å². The number of rotatable bonds is 8. The Balaban J connectivity index is 1.33. The summed E-state index contributed by atoms with van der Waals surface area (Å²) in [6, 6.07) is 2.44. The number of halogens is 7. The molecule has 0 heterocycles. The Hall–Kier alpha value is -1.69. The molecule has 2 aromatic carbocycles. The number of esters is 1. The second kappa shape index (κ2) is 11.5. The molecule has 44 heavy (non-hydrogen) atoms. The van der Waals surface area contributed by atoms with Crippen LogP contribution in [-0.2, 0) is 34.5 Å². The number of nitrogens with one attached hydrogen (secondary N) is 1. The van der Waals surface area contributed by atoms with Crippen LogP contribution in [0.2, 0.25) is 0 Å². The van der Waals surface area contributed by atoms with Crippen molar-refractivity contribution in [3.05, 3.63) is 48.4 Å². The van der Waals surface area contributed by atoms with Crippen LogP contribution in [0.4, 0.5) is 22.0 Å². The van der Waals surface area contributed by atoms with Gasteiger partial charge in [-0.3, -0.25) is 9.35 Å². The molecule has 4 bridgehead atoms. The number of hydrogen-bond acceptors (Lipinski definition) is 8. The van der Waals surface area contributed by atoms with Crippen molar-refractivity contribution in [3.63, 3.8) is 0 Å². The average molecular weight is 891 g/mol. The topological polar surface area (TPSA) is 153 Å². The van der Waals surface area contributed by atoms with Gasteiger partial charge in [0.05, 0.1) is 11.0 Å². The predicted octanol–water partition coefficient (Wildman–Crippen LogP) is 4.60. The maximum Gasteiger partial charge on any atom is 0.337 e. The molecule has 2 unspecified atom stereocenters. The first-order chi connectivity index (χ1) is 20.3. The summed E-state index contributed by atoms with van der Waals surface area (Å²) in [7, 11) is -10.1. The second-order valence-electron chi connectivity index (χ2n) is 11.2. The molecule has 2 aromatic rings. The van der Waals surface area contributed by atoms with Gasteiger partial charge in [0.15, 0.2) is 28.2 Å². The fourth-order valence-corrected chi connectivity index (χ4v) is 12.1. The molecule has 4 fully saturated rings. The van der Waals surface area contributed by atoms with Gasteiger partial charge in [0.1, 0.15) is 17.3 Å². The minimum atomic E-state index is -5.54. The molecule has 4 aliphatic rings. The van der Waals surface area contributed by atoms with Gasteiger partial charge in [0, 0.05) is 7.14 Å². The maximum atomic E-state index is 14.3. The molecule has 0 aliphatic heterocycles. The number of amides is 1. The van der Waals surface area contributed by atoms with Crippen molar-refractivity contribution in [2.45, 2.75) is 53.9 Å². The lowest BCUT2D eigenvalue weighted by atomic mass is 9.47. The third-order valence-corrected chi connectivity index (χ3v) is 12.9. The molecule has 1 amide bonds. The molecule has 4 saturated carbocycles. The number of ether oxygens (including phenoxy) is 2. The molecule has 4 aliphatic carbocycles. The van der Waals surface area contributed by atoms with Crippen molar-refractivity contribution in [1.29, 1.82) is 0 Å². The van der Waals surface area contributed by atoms with Gasteiger partial charge in [-0.15, -0.1) is 0 Å². The lowest BCUT2D eigenvalue weighted by Crippen LogP contribution is -2.61. The molecular weight excluding hydrogens is 871 g/mol. The van der Waals surface area contributed by atoms with Gasteiger partial charge in [0.25, 0.3) is 20.1 Å². The van der Waals surface area contributed by atoms with Gasteiger partial charge in [0.2, 0.25) is 11.7 Å². The monoisotopic (exact) mass is 891 g/mol. The van der Waals surface area contributed by atoms with Crippen LogP contribution in [0.25, 0.3) is 0 Å². The van der Waals surface area contributed by atoms with Gasteiger partial charge in [-0.1, -0.05) is 0 Å². The minimum absolute atomic E-state index is 0.0282. The molecule has 240 valence electrons. The largest absolute Gasteiger partial charge is 0.425 e. The first-order valence-corrected chi connectivity index (χ1v) is 17.8. The first kappa shape index (κ1) is 33.7. The van der Waals surface area contributed by atoms with Crippen molar-refractivity contribution in [2.75, 3.05) is 6.61 Å². The molecule has 0 saturated heterocycles. The summed E-state index contributed by atoms with van der Waals surface area (Å²) in [6.45, 7) is -0.604. The van der Waals surface area contributed by atoms with Crippen LogP contribution >= 0.6 is 45.2 Å². The van der Waals surface area contributed by atoms with E-state index in [-0.39, 0.29) is 48.9 Å². The molecule has 2 N–H and O–H groups in total. The predicted molar refractivity (Wildman–Crippen MR) is 155 cm³/mol. The summed E-state index contributed by atoms with van der Waals surface area (Å²) in [4.78, 5) is 23.6. The fourth-order valence-electron chi connectivity index (χ4n) is 6.93. The van der Waals surface area contributed by atoms with E-state index < -0.39 is 83.6 Å². The zero-order chi connectivity index (χ0) is 32.6. The van der Waals surface area contributed by atoms with E-state index in [0.29, 0.717) is 19.3 Å². The van der Waals surface area contributed by atoms with Gasteiger partial charge in [-0.05, 0) is 108 Å². The summed E-state index contributed by atoms with van der Waals surface area (Å²) in [5.74, 6) is -15.1. The van der Waals surface area contributed by atoms with E-state index in [2.05, 4.69) is 0 Å². The first-order valence-electron chi connectivity index (χ1n) is 12.7. The van der Waals surface area contributed by atoms with Crippen LogP contribution < -0.4 is 9.46 Å². The molecular formula is C25H20F5I2NO9S2. The van der Waals surface area contributed by atoms with E-state index in [1.807, 2.05) is 0 Å². The van der Waals surface area contributed by atoms with E-state index in [1.165, 1.54) is 16.9 Å². The van der Waals surface area contributed by atoms with E-state index in [9.17, 15) is 52.9 Å². The van der Waals surface area contributed by atoms with E-state index >= 15 is 0 Å². The highest BCUT2D eigenvalue weighted by molar-refractivity contribution is 14.1. The third kappa shape index (κ3) is 6.07. The van der Waals surface area contributed by atoms with Crippen molar-refractivity contribution in [1.82, 2.24) is 4.72 Å². The van der Waals surface area contributed by atoms with Crippen molar-refractivity contribution < 1.29 is 62.4 Å². The van der Waals surface area contributed by atoms with Gasteiger partial charge < -0.3 is 9.47 Å². The molecule has 10 nitrogen and oxygen atoms in total. The quantitative estimate of drug-likeness (QED) is 0.0737. The van der Waals surface area contributed by atoms with E-state index in [0.717, 1.165) is 0 Å². The van der Waals surface area contributed by atoms with Crippen molar-refractivity contribution in [3.8, 4) is 5.75 Å². The number of carbonyl (C=O) groups is 2. The second-order valence-corrected chi connectivity index (χ2v) is 16.5. The average Bonchev–Trinajstić information content (AvgIpc) is 2.87. The molecule has 0 aromatic heterocycles. The number of carbonyl (C=O) groups excluding carboxylic acids is 2. The van der Waals surface area contributed by atoms with Gasteiger partial charge in [-0.2, -0.15) is 8.42 Å². The Morgan fingerprint density at radius 3 is 1.86 bits per heavy atom. The standard InChI is InChI=1S/C25H20F5I2NO9S2/c26-16-17(27)19(29)22(20(30)18(16)28)43(36,37)33-23(35)24-4-10-1-11(5-24)7-25(6-10,9-24)41-8-15(34)42-12-2-13(31)21(14(32)3-12)44(38,39)40/h2-3,10-11H,1,4-9H2,(H,33,35)(H,38,39,40). The summed E-state index contributed by atoms with van der Waals surface area (Å²) in [5, 5.41) is 0. The maximum absolute atomic E-state index is 14.3. The number of hydrogen-bond donors (Lipinski definition) is 2. The molecule has 2 atom stereocenters. The summed E-state index contributed by atoms with van der Waals surface area (Å²) in [6.07, 6.45) is 1.76. The molecule has 0 radical (unpaired) electrons. The summed E-state index contributed by atoms with van der Waals surface area (Å²) < 4.78 is 140. The van der Waals surface area contributed by atoms with Crippen LogP contribution in [-0.4, -0.2) is 45.5 Å². The SMILES string of the molecule is O=C(COC12CC3CC(C1)CC(C(=O)NS(=O)(=O)c1c(F)c(F)c(F)c(F)c1F)(C3)C2)Oc1cc(I)c(S(=O)(=O)O)c(I)c1. The van der Waals surface area contributed by atoms with Crippen molar-refractivity contribution >= 4 is 77.2 Å². The zero-order valence-corrected chi connectivity index (χ0v) is 27.9. The third-order valence-electron chi connectivity index (χ3n) is 8.11. The number of benzene rings is 2. The van der Waals surface area contributed by atoms with Crippen molar-refractivity contribution in [2.24, 2.45) is 17.3 Å². The normalized spacial score (nSPS) is 26.1. The number of sulfonamides is 1. The van der Waals surface area contributed by atoms with E-state index in [1.54, 1.807) is 45.2 Å². The molecule has 0 spiro atoms. The smallest absolute Gasteiger partial charge is 0.337 e. The Labute approximate surface area is 274 Å². The zero-order valence-electron chi connectivity index (χ0n) is 21.9. The Morgan fingerprint density at radius 2 is 1.36 bits per heavy atom. The van der Waals surface area contributed by atoms with E-state index in [4.69, 9.17) is 9.47 Å². The highest BCUT2D eigenvalue weighted by atomic mass is 127. The highest BCUT2D eigenvalue weighted by Crippen LogP contribution is 2.63. The highest BCUT2D eigenvalue weighted by Gasteiger charge is 2.62. The summed E-state index contributed by atoms with van der Waals surface area (Å²) in [5.41, 5.74) is -2.50. The van der Waals surface area contributed by atoms with Crippen LogP contribution in [0, 0.1) is 53.5 Å². The van der Waals surface area contributed by atoms with Crippen LogP contribution in [0.15, 0.2) is 21.9 Å². The Morgan fingerprint density at radius 1 is 0.864 bits per heavy atom. The Kier molecular flexibility index (Phi) is 8.82. The fraction of sp³-hybridized carbons (Fsp3) is 0.440.